The number of anilines is 1. The molecule has 0 bridgehead atoms. The number of nitrogens with one attached hydrogen (secondary N) is 1. The van der Waals surface area contributed by atoms with E-state index in [1.165, 1.54) is 0 Å². The second-order valence-electron chi connectivity index (χ2n) is 5.31. The van der Waals surface area contributed by atoms with Crippen LogP contribution in [-0.2, 0) is 0 Å². The third-order valence-corrected chi connectivity index (χ3v) is 3.04. The maximum atomic E-state index is 5.60. The highest BCUT2D eigenvalue weighted by Crippen LogP contribution is 2.20. The topological polar surface area (TPSA) is 63.8 Å². The first-order valence-electron chi connectivity index (χ1n) is 6.26. The van der Waals surface area contributed by atoms with Crippen molar-refractivity contribution in [1.29, 1.82) is 0 Å². The zero-order chi connectivity index (χ0) is 13.0. The zero-order valence-corrected chi connectivity index (χ0v) is 11.0. The average molecular weight is 244 g/mol. The molecule has 0 aliphatic heterocycles. The standard InChI is InChI=1S/C14H20N4/c1-14(2,7-8-15)10-17-13-16-9-11-5-3-4-6-12(11)18-13/h3-6,9H,7-8,10,15H2,1-2H3,(H,16,17,18). The fourth-order valence-electron chi connectivity index (χ4n) is 1.85. The van der Waals surface area contributed by atoms with Crippen molar-refractivity contribution in [2.75, 3.05) is 18.4 Å². The molecule has 0 spiro atoms. The molecule has 0 radical (unpaired) electrons. The summed E-state index contributed by atoms with van der Waals surface area (Å²) in [7, 11) is 0. The summed E-state index contributed by atoms with van der Waals surface area (Å²) < 4.78 is 0. The van der Waals surface area contributed by atoms with Crippen molar-refractivity contribution >= 4 is 16.9 Å². The number of fused-ring (bicyclic) bond motifs is 1. The van der Waals surface area contributed by atoms with Crippen molar-refractivity contribution in [3.63, 3.8) is 0 Å². The first-order chi connectivity index (χ1) is 8.61. The van der Waals surface area contributed by atoms with Crippen LogP contribution in [0.2, 0.25) is 0 Å². The van der Waals surface area contributed by atoms with Gasteiger partial charge in [0.1, 0.15) is 0 Å². The van der Waals surface area contributed by atoms with Crippen molar-refractivity contribution < 1.29 is 0 Å². The van der Waals surface area contributed by atoms with Crippen LogP contribution in [0.25, 0.3) is 10.9 Å². The van der Waals surface area contributed by atoms with Gasteiger partial charge in [-0.25, -0.2) is 9.97 Å². The van der Waals surface area contributed by atoms with Crippen LogP contribution in [0.3, 0.4) is 0 Å². The van der Waals surface area contributed by atoms with E-state index in [9.17, 15) is 0 Å². The van der Waals surface area contributed by atoms with E-state index in [2.05, 4.69) is 29.1 Å². The van der Waals surface area contributed by atoms with Crippen molar-refractivity contribution in [3.05, 3.63) is 30.5 Å². The highest BCUT2D eigenvalue weighted by Gasteiger charge is 2.16. The lowest BCUT2D eigenvalue weighted by Gasteiger charge is -2.24. The number of benzene rings is 1. The number of hydrogen-bond acceptors (Lipinski definition) is 4. The molecule has 0 atom stereocenters. The number of para-hydroxylation sites is 1. The number of hydrogen-bond donors (Lipinski definition) is 2. The Balaban J connectivity index is 2.08. The molecule has 3 N–H and O–H groups in total. The van der Waals surface area contributed by atoms with Crippen LogP contribution < -0.4 is 11.1 Å². The number of nitrogens with zero attached hydrogens (tertiary/aromatic N) is 2. The SMILES string of the molecule is CC(C)(CCN)CNc1ncc2ccccc2n1. The van der Waals surface area contributed by atoms with Crippen LogP contribution in [0.4, 0.5) is 5.95 Å². The minimum Gasteiger partial charge on any atom is -0.354 e. The highest BCUT2D eigenvalue weighted by molar-refractivity contribution is 5.78. The number of rotatable bonds is 5. The molecule has 0 fully saturated rings. The smallest absolute Gasteiger partial charge is 0.223 e. The Morgan fingerprint density at radius 3 is 2.83 bits per heavy atom. The highest BCUT2D eigenvalue weighted by atomic mass is 15.1. The van der Waals surface area contributed by atoms with Gasteiger partial charge >= 0.3 is 0 Å². The van der Waals surface area contributed by atoms with E-state index < -0.39 is 0 Å². The third kappa shape index (κ3) is 3.17. The molecule has 96 valence electrons. The average Bonchev–Trinajstić information content (AvgIpc) is 2.36. The van der Waals surface area contributed by atoms with E-state index >= 15 is 0 Å². The molecule has 2 rings (SSSR count). The van der Waals surface area contributed by atoms with Crippen LogP contribution in [0.5, 0.6) is 0 Å². The summed E-state index contributed by atoms with van der Waals surface area (Å²) in [6.45, 7) is 5.90. The van der Waals surface area contributed by atoms with E-state index in [0.717, 1.165) is 23.9 Å². The first kappa shape index (κ1) is 12.8. The molecule has 1 aromatic heterocycles. The zero-order valence-electron chi connectivity index (χ0n) is 11.0. The Kier molecular flexibility index (Phi) is 3.77. The summed E-state index contributed by atoms with van der Waals surface area (Å²) in [5.41, 5.74) is 6.72. The molecule has 0 saturated carbocycles. The number of aromatic nitrogens is 2. The van der Waals surface area contributed by atoms with Crippen molar-refractivity contribution in [2.45, 2.75) is 20.3 Å². The minimum absolute atomic E-state index is 0.157. The normalized spacial score (nSPS) is 11.7. The summed E-state index contributed by atoms with van der Waals surface area (Å²) >= 11 is 0. The molecule has 0 aliphatic carbocycles. The lowest BCUT2D eigenvalue weighted by molar-refractivity contribution is 0.364. The molecule has 0 amide bonds. The molecular formula is C14H20N4. The molecule has 2 aromatic rings. The van der Waals surface area contributed by atoms with E-state index in [1.54, 1.807) is 0 Å². The largest absolute Gasteiger partial charge is 0.354 e. The second-order valence-corrected chi connectivity index (χ2v) is 5.31. The maximum Gasteiger partial charge on any atom is 0.223 e. The summed E-state index contributed by atoms with van der Waals surface area (Å²) in [5, 5.41) is 4.34. The Morgan fingerprint density at radius 1 is 1.28 bits per heavy atom. The van der Waals surface area contributed by atoms with Gasteiger partial charge in [0.2, 0.25) is 5.95 Å². The molecule has 0 aliphatic rings. The molecule has 0 saturated heterocycles. The Bertz CT molecular complexity index is 522. The Morgan fingerprint density at radius 2 is 2.06 bits per heavy atom. The molecular weight excluding hydrogens is 224 g/mol. The fourth-order valence-corrected chi connectivity index (χ4v) is 1.85. The van der Waals surface area contributed by atoms with Crippen molar-refractivity contribution in [1.82, 2.24) is 9.97 Å². The van der Waals surface area contributed by atoms with E-state index in [0.29, 0.717) is 12.5 Å². The Hall–Kier alpha value is -1.68. The van der Waals surface area contributed by atoms with Gasteiger partial charge in [-0.3, -0.25) is 0 Å². The molecule has 0 unspecified atom stereocenters. The lowest BCUT2D eigenvalue weighted by Crippen LogP contribution is -2.26. The predicted molar refractivity (Wildman–Crippen MR) is 75.5 cm³/mol. The quantitative estimate of drug-likeness (QED) is 0.847. The van der Waals surface area contributed by atoms with Gasteiger partial charge in [-0.15, -0.1) is 0 Å². The Labute approximate surface area is 108 Å². The van der Waals surface area contributed by atoms with Gasteiger partial charge in [0, 0.05) is 18.1 Å². The second kappa shape index (κ2) is 5.31. The van der Waals surface area contributed by atoms with Gasteiger partial charge in [-0.2, -0.15) is 0 Å². The van der Waals surface area contributed by atoms with E-state index in [1.807, 2.05) is 30.5 Å². The fraction of sp³-hybridized carbons (Fsp3) is 0.429. The van der Waals surface area contributed by atoms with Gasteiger partial charge in [0.05, 0.1) is 5.52 Å². The summed E-state index contributed by atoms with van der Waals surface area (Å²) in [5.74, 6) is 0.679. The third-order valence-electron chi connectivity index (χ3n) is 3.04. The van der Waals surface area contributed by atoms with Gasteiger partial charge in [-0.05, 0) is 24.4 Å². The first-order valence-corrected chi connectivity index (χ1v) is 6.26. The van der Waals surface area contributed by atoms with Gasteiger partial charge in [-0.1, -0.05) is 32.0 Å². The van der Waals surface area contributed by atoms with Crippen LogP contribution in [0.15, 0.2) is 30.5 Å². The molecule has 1 heterocycles. The molecule has 18 heavy (non-hydrogen) atoms. The van der Waals surface area contributed by atoms with Gasteiger partial charge in [0.15, 0.2) is 0 Å². The minimum atomic E-state index is 0.157. The van der Waals surface area contributed by atoms with E-state index in [4.69, 9.17) is 5.73 Å². The van der Waals surface area contributed by atoms with Gasteiger partial charge in [0.25, 0.3) is 0 Å². The van der Waals surface area contributed by atoms with Gasteiger partial charge < -0.3 is 11.1 Å². The van der Waals surface area contributed by atoms with Crippen LogP contribution in [0, 0.1) is 5.41 Å². The molecule has 4 nitrogen and oxygen atoms in total. The summed E-state index contributed by atoms with van der Waals surface area (Å²) in [6.07, 6.45) is 2.83. The van der Waals surface area contributed by atoms with Crippen molar-refractivity contribution in [2.24, 2.45) is 11.1 Å². The van der Waals surface area contributed by atoms with E-state index in [-0.39, 0.29) is 5.41 Å². The number of nitrogens with two attached hydrogens (primary N) is 1. The predicted octanol–water partition coefficient (Wildman–Crippen LogP) is 2.42. The lowest BCUT2D eigenvalue weighted by atomic mass is 9.89. The van der Waals surface area contributed by atoms with Crippen LogP contribution >= 0.6 is 0 Å². The molecule has 1 aromatic carbocycles. The van der Waals surface area contributed by atoms with Crippen molar-refractivity contribution in [3.8, 4) is 0 Å². The summed E-state index contributed by atoms with van der Waals surface area (Å²) in [4.78, 5) is 8.80. The maximum absolute atomic E-state index is 5.60. The molecule has 4 heteroatoms. The van der Waals surface area contributed by atoms with Crippen LogP contribution in [-0.4, -0.2) is 23.1 Å². The summed E-state index contributed by atoms with van der Waals surface area (Å²) in [6, 6.07) is 7.98. The van der Waals surface area contributed by atoms with Crippen LogP contribution in [0.1, 0.15) is 20.3 Å². The monoisotopic (exact) mass is 244 g/mol.